The van der Waals surface area contributed by atoms with Gasteiger partial charge >= 0.3 is 0 Å². The number of aromatic nitrogens is 6. The molecule has 0 aromatic carbocycles. The highest BCUT2D eigenvalue weighted by Gasteiger charge is 2.18. The molecule has 0 N–H and O–H groups in total. The van der Waals surface area contributed by atoms with Gasteiger partial charge in [0.05, 0.1) is 7.05 Å². The molecular formula is C7H8N6O. The highest BCUT2D eigenvalue weighted by molar-refractivity contribution is 6.03. The second kappa shape index (κ2) is 3.02. The van der Waals surface area contributed by atoms with Crippen LogP contribution >= 0.6 is 0 Å². The molecule has 72 valence electrons. The first kappa shape index (κ1) is 8.54. The number of ketones is 1. The molecule has 0 aliphatic heterocycles. The number of carbonyl (C=O) groups is 1. The molecule has 0 unspecified atom stereocenters. The monoisotopic (exact) mass is 192 g/mol. The Bertz CT molecular complexity index is 470. The van der Waals surface area contributed by atoms with Gasteiger partial charge in [-0.1, -0.05) is 0 Å². The second-order valence-corrected chi connectivity index (χ2v) is 2.79. The fourth-order valence-corrected chi connectivity index (χ4v) is 1.06. The van der Waals surface area contributed by atoms with Crippen molar-refractivity contribution in [1.29, 1.82) is 0 Å². The summed E-state index contributed by atoms with van der Waals surface area (Å²) in [6, 6.07) is 0. The summed E-state index contributed by atoms with van der Waals surface area (Å²) in [5.74, 6) is 0.0328. The van der Waals surface area contributed by atoms with E-state index in [2.05, 4.69) is 20.4 Å². The topological polar surface area (TPSA) is 78.5 Å². The lowest BCUT2D eigenvalue weighted by Gasteiger charge is -1.94. The minimum Gasteiger partial charge on any atom is -0.331 e. The first-order chi connectivity index (χ1) is 6.68. The number of tetrazole rings is 1. The van der Waals surface area contributed by atoms with Crippen LogP contribution in [-0.4, -0.2) is 35.5 Å². The summed E-state index contributed by atoms with van der Waals surface area (Å²) in [6.45, 7) is 0. The van der Waals surface area contributed by atoms with Gasteiger partial charge < -0.3 is 4.57 Å². The zero-order valence-corrected chi connectivity index (χ0v) is 7.75. The van der Waals surface area contributed by atoms with Gasteiger partial charge in [0.25, 0.3) is 5.78 Å². The van der Waals surface area contributed by atoms with E-state index < -0.39 is 0 Å². The van der Waals surface area contributed by atoms with E-state index in [1.807, 2.05) is 0 Å². The number of rotatable bonds is 2. The molecule has 7 heteroatoms. The Morgan fingerprint density at radius 2 is 2.21 bits per heavy atom. The van der Waals surface area contributed by atoms with Gasteiger partial charge in [-0.05, 0) is 5.21 Å². The zero-order valence-electron chi connectivity index (χ0n) is 7.75. The predicted octanol–water partition coefficient (Wildman–Crippen LogP) is -0.825. The molecule has 0 fully saturated rings. The Kier molecular flexibility index (Phi) is 1.84. The number of hydrogen-bond acceptors (Lipinski definition) is 5. The van der Waals surface area contributed by atoms with Crippen LogP contribution in [0.15, 0.2) is 12.4 Å². The SMILES string of the molecule is Cn1nnc(C(=O)c2nccn2C)n1. The van der Waals surface area contributed by atoms with Gasteiger partial charge in [-0.25, -0.2) is 4.98 Å². The molecular weight excluding hydrogens is 184 g/mol. The van der Waals surface area contributed by atoms with Crippen LogP contribution in [0.3, 0.4) is 0 Å². The van der Waals surface area contributed by atoms with E-state index in [4.69, 9.17) is 0 Å². The predicted molar refractivity (Wildman–Crippen MR) is 45.4 cm³/mol. The standard InChI is InChI=1S/C7H8N6O/c1-12-4-3-8-7(12)5(14)6-9-11-13(2)10-6/h3-4H,1-2H3. The van der Waals surface area contributed by atoms with Gasteiger partial charge in [0.15, 0.2) is 5.82 Å². The van der Waals surface area contributed by atoms with Crippen LogP contribution < -0.4 is 0 Å². The highest BCUT2D eigenvalue weighted by atomic mass is 16.1. The van der Waals surface area contributed by atoms with Crippen LogP contribution in [0.4, 0.5) is 0 Å². The Labute approximate surface area is 79.4 Å². The van der Waals surface area contributed by atoms with Crippen molar-refractivity contribution in [3.8, 4) is 0 Å². The molecule has 2 aromatic rings. The first-order valence-corrected chi connectivity index (χ1v) is 3.94. The van der Waals surface area contributed by atoms with Crippen LogP contribution in [-0.2, 0) is 14.1 Å². The van der Waals surface area contributed by atoms with Crippen LogP contribution in [0.2, 0.25) is 0 Å². The van der Waals surface area contributed by atoms with Crippen molar-refractivity contribution in [2.45, 2.75) is 0 Å². The normalized spacial score (nSPS) is 10.4. The lowest BCUT2D eigenvalue weighted by molar-refractivity contribution is 0.101. The number of nitrogens with zero attached hydrogens (tertiary/aromatic N) is 6. The van der Waals surface area contributed by atoms with Crippen molar-refractivity contribution in [3.63, 3.8) is 0 Å². The smallest absolute Gasteiger partial charge is 0.269 e. The lowest BCUT2D eigenvalue weighted by atomic mass is 10.3. The Balaban J connectivity index is 2.38. The van der Waals surface area contributed by atoms with Crippen molar-refractivity contribution in [3.05, 3.63) is 24.0 Å². The number of hydrogen-bond donors (Lipinski definition) is 0. The van der Waals surface area contributed by atoms with Crippen LogP contribution in [0.1, 0.15) is 16.4 Å². The molecule has 14 heavy (non-hydrogen) atoms. The average Bonchev–Trinajstić information content (AvgIpc) is 2.73. The van der Waals surface area contributed by atoms with Gasteiger partial charge in [-0.3, -0.25) is 4.79 Å². The molecule has 0 atom stereocenters. The molecule has 2 heterocycles. The van der Waals surface area contributed by atoms with E-state index in [9.17, 15) is 4.79 Å². The molecule has 0 aliphatic carbocycles. The third-order valence-electron chi connectivity index (χ3n) is 1.74. The van der Waals surface area contributed by atoms with E-state index >= 15 is 0 Å². The summed E-state index contributed by atoms with van der Waals surface area (Å²) in [4.78, 5) is 16.8. The van der Waals surface area contributed by atoms with Crippen LogP contribution in [0.25, 0.3) is 0 Å². The summed E-state index contributed by atoms with van der Waals surface area (Å²) < 4.78 is 1.61. The van der Waals surface area contributed by atoms with E-state index in [1.54, 1.807) is 31.1 Å². The molecule has 0 saturated carbocycles. The maximum absolute atomic E-state index is 11.7. The summed E-state index contributed by atoms with van der Waals surface area (Å²) in [6.07, 6.45) is 3.23. The molecule has 2 aromatic heterocycles. The zero-order chi connectivity index (χ0) is 10.1. The summed E-state index contributed by atoms with van der Waals surface area (Å²) in [7, 11) is 3.33. The van der Waals surface area contributed by atoms with Crippen LogP contribution in [0.5, 0.6) is 0 Å². The van der Waals surface area contributed by atoms with E-state index in [1.165, 1.54) is 4.80 Å². The second-order valence-electron chi connectivity index (χ2n) is 2.79. The van der Waals surface area contributed by atoms with Crippen molar-refractivity contribution < 1.29 is 4.79 Å². The third kappa shape index (κ3) is 1.28. The fourth-order valence-electron chi connectivity index (χ4n) is 1.06. The van der Waals surface area contributed by atoms with Gasteiger partial charge in [0.1, 0.15) is 0 Å². The molecule has 0 bridgehead atoms. The van der Waals surface area contributed by atoms with Gasteiger partial charge in [-0.2, -0.15) is 4.80 Å². The van der Waals surface area contributed by atoms with E-state index in [0.29, 0.717) is 5.82 Å². The van der Waals surface area contributed by atoms with Crippen molar-refractivity contribution in [1.82, 2.24) is 29.8 Å². The van der Waals surface area contributed by atoms with Crippen LogP contribution in [0, 0.1) is 0 Å². The Morgan fingerprint density at radius 1 is 1.43 bits per heavy atom. The number of imidazole rings is 1. The highest BCUT2D eigenvalue weighted by Crippen LogP contribution is 2.00. The van der Waals surface area contributed by atoms with E-state index in [0.717, 1.165) is 0 Å². The average molecular weight is 192 g/mol. The van der Waals surface area contributed by atoms with Crippen molar-refractivity contribution >= 4 is 5.78 Å². The first-order valence-electron chi connectivity index (χ1n) is 3.94. The maximum atomic E-state index is 11.7. The fraction of sp³-hybridized carbons (Fsp3) is 0.286. The molecule has 7 nitrogen and oxygen atoms in total. The number of carbonyl (C=O) groups excluding carboxylic acids is 1. The summed E-state index contributed by atoms with van der Waals surface area (Å²) in [5.41, 5.74) is 0. The molecule has 0 radical (unpaired) electrons. The van der Waals surface area contributed by atoms with Gasteiger partial charge in [-0.15, -0.1) is 10.2 Å². The van der Waals surface area contributed by atoms with Gasteiger partial charge in [0.2, 0.25) is 5.82 Å². The quantitative estimate of drug-likeness (QED) is 0.580. The molecule has 0 amide bonds. The largest absolute Gasteiger partial charge is 0.331 e. The molecule has 2 rings (SSSR count). The van der Waals surface area contributed by atoms with Crippen molar-refractivity contribution in [2.75, 3.05) is 0 Å². The molecule has 0 spiro atoms. The minimum atomic E-state index is -0.328. The minimum absolute atomic E-state index is 0.0572. The Hall–Kier alpha value is -2.05. The van der Waals surface area contributed by atoms with E-state index in [-0.39, 0.29) is 11.6 Å². The summed E-state index contributed by atoms with van der Waals surface area (Å²) in [5, 5.41) is 11.0. The number of aryl methyl sites for hydroxylation is 2. The summed E-state index contributed by atoms with van der Waals surface area (Å²) >= 11 is 0. The van der Waals surface area contributed by atoms with Gasteiger partial charge in [0, 0.05) is 19.4 Å². The lowest BCUT2D eigenvalue weighted by Crippen LogP contribution is -2.10. The molecule has 0 aliphatic rings. The Morgan fingerprint density at radius 3 is 2.71 bits per heavy atom. The third-order valence-corrected chi connectivity index (χ3v) is 1.74. The molecule has 0 saturated heterocycles. The van der Waals surface area contributed by atoms with Crippen molar-refractivity contribution in [2.24, 2.45) is 14.1 Å². The maximum Gasteiger partial charge on any atom is 0.269 e.